The van der Waals surface area contributed by atoms with Crippen molar-refractivity contribution in [1.82, 2.24) is 9.97 Å². The molecule has 2 aromatic carbocycles. The number of hydrogen-bond acceptors (Lipinski definition) is 6. The number of urea groups is 1. The van der Waals surface area contributed by atoms with Gasteiger partial charge in [0.05, 0.1) is 37.0 Å². The van der Waals surface area contributed by atoms with Gasteiger partial charge >= 0.3 is 12.0 Å². The Bertz CT molecular complexity index is 1050. The molecule has 0 aliphatic heterocycles. The van der Waals surface area contributed by atoms with Gasteiger partial charge in [0.25, 0.3) is 0 Å². The van der Waals surface area contributed by atoms with Crippen LogP contribution >= 0.6 is 0 Å². The number of halogens is 1. The zero-order chi connectivity index (χ0) is 21.7. The van der Waals surface area contributed by atoms with Crippen LogP contribution in [0.5, 0.6) is 23.3 Å². The molecule has 2 amide bonds. The highest BCUT2D eigenvalue weighted by Gasteiger charge is 2.16. The first kappa shape index (κ1) is 20.8. The second-order valence-corrected chi connectivity index (χ2v) is 6.20. The number of ether oxygens (including phenoxy) is 3. The third-order valence-electron chi connectivity index (χ3n) is 4.18. The number of aryl methyl sites for hydroxylation is 2. The summed E-state index contributed by atoms with van der Waals surface area (Å²) in [6.45, 7) is 3.37. The standard InChI is InChI=1S/C21H21FN4O4/c1-12-18(13(2)24-21(23-12)30-16-10-6-5-8-14(16)22)26-20(27)25-15-9-7-11-17(28-3)19(15)29-4/h5-11H,1-4H3,(H2,25,26,27). The summed E-state index contributed by atoms with van der Waals surface area (Å²) in [5, 5.41) is 5.43. The van der Waals surface area contributed by atoms with Gasteiger partial charge in [-0.2, -0.15) is 9.97 Å². The van der Waals surface area contributed by atoms with E-state index < -0.39 is 11.8 Å². The summed E-state index contributed by atoms with van der Waals surface area (Å²) in [5.74, 6) is 0.374. The van der Waals surface area contributed by atoms with Crippen LogP contribution in [0.15, 0.2) is 42.5 Å². The number of amides is 2. The van der Waals surface area contributed by atoms with E-state index in [1.807, 2.05) is 0 Å². The van der Waals surface area contributed by atoms with Crippen LogP contribution in [0, 0.1) is 19.7 Å². The van der Waals surface area contributed by atoms with Gasteiger partial charge in [-0.3, -0.25) is 0 Å². The maximum atomic E-state index is 13.8. The number of methoxy groups -OCH3 is 2. The highest BCUT2D eigenvalue weighted by atomic mass is 19.1. The van der Waals surface area contributed by atoms with Gasteiger partial charge in [-0.1, -0.05) is 18.2 Å². The molecule has 156 valence electrons. The summed E-state index contributed by atoms with van der Waals surface area (Å²) in [5.41, 5.74) is 1.77. The molecular formula is C21H21FN4O4. The quantitative estimate of drug-likeness (QED) is 0.610. The maximum absolute atomic E-state index is 13.8. The number of para-hydroxylation sites is 2. The topological polar surface area (TPSA) is 94.6 Å². The summed E-state index contributed by atoms with van der Waals surface area (Å²) >= 11 is 0. The Morgan fingerprint density at radius 3 is 2.20 bits per heavy atom. The lowest BCUT2D eigenvalue weighted by Gasteiger charge is -2.15. The van der Waals surface area contributed by atoms with Gasteiger partial charge in [0.2, 0.25) is 0 Å². The average molecular weight is 412 g/mol. The van der Waals surface area contributed by atoms with Crippen molar-refractivity contribution in [3.05, 3.63) is 59.7 Å². The third kappa shape index (κ3) is 4.57. The Morgan fingerprint density at radius 1 is 0.900 bits per heavy atom. The number of aromatic nitrogens is 2. The molecule has 0 spiro atoms. The molecule has 30 heavy (non-hydrogen) atoms. The summed E-state index contributed by atoms with van der Waals surface area (Å²) in [7, 11) is 2.99. The van der Waals surface area contributed by atoms with Crippen molar-refractivity contribution in [2.45, 2.75) is 13.8 Å². The molecule has 1 heterocycles. The molecule has 0 saturated heterocycles. The minimum atomic E-state index is -0.523. The SMILES string of the molecule is COc1cccc(NC(=O)Nc2c(C)nc(Oc3ccccc3F)nc2C)c1OC. The molecule has 8 nitrogen and oxygen atoms in total. The molecule has 0 saturated carbocycles. The molecular weight excluding hydrogens is 391 g/mol. The molecule has 1 aromatic heterocycles. The second kappa shape index (κ2) is 9.08. The summed E-state index contributed by atoms with van der Waals surface area (Å²) < 4.78 is 29.7. The van der Waals surface area contributed by atoms with Crippen molar-refractivity contribution in [2.75, 3.05) is 24.9 Å². The van der Waals surface area contributed by atoms with Crippen molar-refractivity contribution in [2.24, 2.45) is 0 Å². The number of rotatable bonds is 6. The predicted molar refractivity (Wildman–Crippen MR) is 110 cm³/mol. The summed E-state index contributed by atoms with van der Waals surface area (Å²) in [6, 6.07) is 10.6. The number of carbonyl (C=O) groups is 1. The van der Waals surface area contributed by atoms with Gasteiger partial charge in [0.1, 0.15) is 0 Å². The fourth-order valence-corrected chi connectivity index (χ4v) is 2.79. The number of carbonyl (C=O) groups excluding carboxylic acids is 1. The molecule has 0 aliphatic rings. The predicted octanol–water partition coefficient (Wildman–Crippen LogP) is 4.69. The largest absolute Gasteiger partial charge is 0.493 e. The van der Waals surface area contributed by atoms with E-state index in [1.165, 1.54) is 26.4 Å². The van der Waals surface area contributed by atoms with Gasteiger partial charge in [0.15, 0.2) is 23.1 Å². The number of hydrogen-bond donors (Lipinski definition) is 2. The lowest BCUT2D eigenvalue weighted by Crippen LogP contribution is -2.21. The highest BCUT2D eigenvalue weighted by molar-refractivity contribution is 6.01. The molecule has 0 bridgehead atoms. The van der Waals surface area contributed by atoms with E-state index >= 15 is 0 Å². The number of benzene rings is 2. The third-order valence-corrected chi connectivity index (χ3v) is 4.18. The van der Waals surface area contributed by atoms with E-state index in [0.29, 0.717) is 34.3 Å². The van der Waals surface area contributed by atoms with Crippen LogP contribution in [0.3, 0.4) is 0 Å². The van der Waals surface area contributed by atoms with Crippen molar-refractivity contribution < 1.29 is 23.4 Å². The first-order valence-electron chi connectivity index (χ1n) is 8.99. The van der Waals surface area contributed by atoms with Crippen LogP contribution in [0.2, 0.25) is 0 Å². The monoisotopic (exact) mass is 412 g/mol. The van der Waals surface area contributed by atoms with Crippen LogP contribution in [0.25, 0.3) is 0 Å². The van der Waals surface area contributed by atoms with E-state index in [1.54, 1.807) is 44.2 Å². The zero-order valence-electron chi connectivity index (χ0n) is 16.9. The molecule has 0 atom stereocenters. The Morgan fingerprint density at radius 2 is 1.57 bits per heavy atom. The van der Waals surface area contributed by atoms with E-state index in [4.69, 9.17) is 14.2 Å². The minimum Gasteiger partial charge on any atom is -0.493 e. The van der Waals surface area contributed by atoms with Crippen LogP contribution in [0.1, 0.15) is 11.4 Å². The first-order valence-corrected chi connectivity index (χ1v) is 8.99. The van der Waals surface area contributed by atoms with E-state index in [-0.39, 0.29) is 11.8 Å². The van der Waals surface area contributed by atoms with Crippen molar-refractivity contribution in [1.29, 1.82) is 0 Å². The normalized spacial score (nSPS) is 10.3. The average Bonchev–Trinajstić information content (AvgIpc) is 2.72. The Labute approximate surface area is 173 Å². The Hall–Kier alpha value is -3.88. The molecule has 9 heteroatoms. The molecule has 0 aliphatic carbocycles. The maximum Gasteiger partial charge on any atom is 0.323 e. The first-order chi connectivity index (χ1) is 14.4. The van der Waals surface area contributed by atoms with Gasteiger partial charge in [-0.05, 0) is 38.1 Å². The van der Waals surface area contributed by atoms with Crippen LogP contribution in [0.4, 0.5) is 20.6 Å². The lowest BCUT2D eigenvalue weighted by atomic mass is 10.2. The van der Waals surface area contributed by atoms with Crippen molar-refractivity contribution >= 4 is 17.4 Å². The van der Waals surface area contributed by atoms with E-state index in [0.717, 1.165) is 0 Å². The smallest absolute Gasteiger partial charge is 0.323 e. The minimum absolute atomic E-state index is 0.0138. The lowest BCUT2D eigenvalue weighted by molar-refractivity contribution is 0.262. The molecule has 0 fully saturated rings. The fraction of sp³-hybridized carbons (Fsp3) is 0.190. The second-order valence-electron chi connectivity index (χ2n) is 6.20. The van der Waals surface area contributed by atoms with Crippen molar-refractivity contribution in [3.8, 4) is 23.3 Å². The molecule has 0 radical (unpaired) electrons. The zero-order valence-corrected chi connectivity index (χ0v) is 16.9. The van der Waals surface area contributed by atoms with Crippen LogP contribution < -0.4 is 24.8 Å². The van der Waals surface area contributed by atoms with Gasteiger partial charge < -0.3 is 24.8 Å². The Balaban J connectivity index is 1.77. The van der Waals surface area contributed by atoms with Gasteiger partial charge in [0, 0.05) is 0 Å². The Kier molecular flexibility index (Phi) is 6.31. The van der Waals surface area contributed by atoms with E-state index in [2.05, 4.69) is 20.6 Å². The fourth-order valence-electron chi connectivity index (χ4n) is 2.79. The summed E-state index contributed by atoms with van der Waals surface area (Å²) in [4.78, 5) is 20.9. The molecule has 3 aromatic rings. The van der Waals surface area contributed by atoms with Gasteiger partial charge in [-0.15, -0.1) is 0 Å². The number of nitrogens with zero attached hydrogens (tertiary/aromatic N) is 2. The summed E-state index contributed by atoms with van der Waals surface area (Å²) in [6.07, 6.45) is 0. The van der Waals surface area contributed by atoms with Crippen LogP contribution in [-0.4, -0.2) is 30.2 Å². The number of nitrogens with one attached hydrogen (secondary N) is 2. The molecule has 3 rings (SSSR count). The molecule has 0 unspecified atom stereocenters. The van der Waals surface area contributed by atoms with Gasteiger partial charge in [-0.25, -0.2) is 9.18 Å². The number of anilines is 2. The van der Waals surface area contributed by atoms with E-state index in [9.17, 15) is 9.18 Å². The van der Waals surface area contributed by atoms with Crippen molar-refractivity contribution in [3.63, 3.8) is 0 Å². The highest BCUT2D eigenvalue weighted by Crippen LogP contribution is 2.35. The molecule has 2 N–H and O–H groups in total. The van der Waals surface area contributed by atoms with Crippen LogP contribution in [-0.2, 0) is 0 Å².